The zero-order valence-electron chi connectivity index (χ0n) is 11.1. The summed E-state index contributed by atoms with van der Waals surface area (Å²) in [5.41, 5.74) is 6.60. The Hall–Kier alpha value is -1.85. The van der Waals surface area contributed by atoms with E-state index in [2.05, 4.69) is 10.4 Å². The van der Waals surface area contributed by atoms with Crippen LogP contribution < -0.4 is 11.1 Å². The molecule has 0 spiro atoms. The third-order valence-corrected chi connectivity index (χ3v) is 3.05. The highest BCUT2D eigenvalue weighted by Gasteiger charge is 2.09. The van der Waals surface area contributed by atoms with Gasteiger partial charge in [0.15, 0.2) is 5.69 Å². The first-order valence-electron chi connectivity index (χ1n) is 6.50. The molecule has 1 aromatic carbocycles. The highest BCUT2D eigenvalue weighted by Crippen LogP contribution is 2.14. The molecule has 0 atom stereocenters. The number of nitrogens with two attached hydrogens (primary N) is 1. The minimum absolute atomic E-state index is 0.178. The maximum absolute atomic E-state index is 11.9. The molecule has 2 rings (SSSR count). The lowest BCUT2D eigenvalue weighted by Gasteiger charge is -2.03. The third kappa shape index (κ3) is 3.82. The van der Waals surface area contributed by atoms with Crippen LogP contribution in [-0.2, 0) is 0 Å². The SMILES string of the molecule is NCCCCNC(=O)c1ccn(-c2cccc(Cl)c2)n1. The van der Waals surface area contributed by atoms with Gasteiger partial charge in [0, 0.05) is 17.8 Å². The van der Waals surface area contributed by atoms with Crippen molar-refractivity contribution in [3.63, 3.8) is 0 Å². The molecule has 5 nitrogen and oxygen atoms in total. The number of halogens is 1. The summed E-state index contributed by atoms with van der Waals surface area (Å²) < 4.78 is 1.63. The van der Waals surface area contributed by atoms with Crippen molar-refractivity contribution >= 4 is 17.5 Å². The number of aromatic nitrogens is 2. The van der Waals surface area contributed by atoms with Crippen LogP contribution in [0, 0.1) is 0 Å². The first-order valence-corrected chi connectivity index (χ1v) is 6.88. The summed E-state index contributed by atoms with van der Waals surface area (Å²) in [5, 5.41) is 7.69. The van der Waals surface area contributed by atoms with Gasteiger partial charge in [-0.2, -0.15) is 5.10 Å². The molecule has 20 heavy (non-hydrogen) atoms. The number of nitrogens with zero attached hydrogens (tertiary/aromatic N) is 2. The zero-order valence-corrected chi connectivity index (χ0v) is 11.8. The Labute approximate surface area is 122 Å². The number of hydrogen-bond acceptors (Lipinski definition) is 3. The molecule has 0 bridgehead atoms. The average molecular weight is 293 g/mol. The van der Waals surface area contributed by atoms with Crippen LogP contribution in [0.1, 0.15) is 23.3 Å². The number of carbonyl (C=O) groups excluding carboxylic acids is 1. The van der Waals surface area contributed by atoms with E-state index in [1.54, 1.807) is 29.1 Å². The van der Waals surface area contributed by atoms with Crippen molar-refractivity contribution in [2.24, 2.45) is 5.73 Å². The van der Waals surface area contributed by atoms with Crippen LogP contribution in [0.2, 0.25) is 5.02 Å². The summed E-state index contributed by atoms with van der Waals surface area (Å²) in [6, 6.07) is 8.98. The number of nitrogens with one attached hydrogen (secondary N) is 1. The van der Waals surface area contributed by atoms with Crippen molar-refractivity contribution < 1.29 is 4.79 Å². The first-order chi connectivity index (χ1) is 9.70. The summed E-state index contributed by atoms with van der Waals surface area (Å²) in [6.45, 7) is 1.25. The van der Waals surface area contributed by atoms with E-state index in [9.17, 15) is 4.79 Å². The lowest BCUT2D eigenvalue weighted by atomic mass is 10.3. The van der Waals surface area contributed by atoms with Crippen molar-refractivity contribution in [3.05, 3.63) is 47.2 Å². The molecule has 6 heteroatoms. The molecule has 1 amide bonds. The molecular weight excluding hydrogens is 276 g/mol. The summed E-state index contributed by atoms with van der Waals surface area (Å²) in [7, 11) is 0. The number of unbranched alkanes of at least 4 members (excludes halogenated alkanes) is 1. The molecule has 0 aliphatic rings. The van der Waals surface area contributed by atoms with E-state index in [1.165, 1.54) is 0 Å². The molecule has 0 radical (unpaired) electrons. The van der Waals surface area contributed by atoms with Gasteiger partial charge in [-0.15, -0.1) is 0 Å². The summed E-state index contributed by atoms with van der Waals surface area (Å²) in [5.74, 6) is -0.178. The van der Waals surface area contributed by atoms with Crippen LogP contribution in [0.5, 0.6) is 0 Å². The second-order valence-corrected chi connectivity index (χ2v) is 4.81. The molecule has 2 aromatic rings. The molecule has 0 aliphatic carbocycles. The fraction of sp³-hybridized carbons (Fsp3) is 0.286. The second-order valence-electron chi connectivity index (χ2n) is 4.38. The van der Waals surface area contributed by atoms with Gasteiger partial charge < -0.3 is 11.1 Å². The second kappa shape index (κ2) is 7.07. The molecule has 0 saturated heterocycles. The Morgan fingerprint density at radius 1 is 1.35 bits per heavy atom. The van der Waals surface area contributed by atoms with Crippen molar-refractivity contribution in [1.29, 1.82) is 0 Å². The number of benzene rings is 1. The molecule has 0 unspecified atom stereocenters. The Balaban J connectivity index is 2.00. The predicted octanol–water partition coefficient (Wildman–Crippen LogP) is 1.99. The molecule has 1 aromatic heterocycles. The Morgan fingerprint density at radius 3 is 2.95 bits per heavy atom. The topological polar surface area (TPSA) is 72.9 Å². The van der Waals surface area contributed by atoms with E-state index in [4.69, 9.17) is 17.3 Å². The molecule has 0 saturated carbocycles. The maximum atomic E-state index is 11.9. The van der Waals surface area contributed by atoms with Crippen LogP contribution in [0.4, 0.5) is 0 Å². The van der Waals surface area contributed by atoms with Crippen LogP contribution in [0.15, 0.2) is 36.5 Å². The first kappa shape index (κ1) is 14.6. The van der Waals surface area contributed by atoms with Gasteiger partial charge in [0.25, 0.3) is 5.91 Å². The van der Waals surface area contributed by atoms with E-state index in [1.807, 2.05) is 12.1 Å². The van der Waals surface area contributed by atoms with Crippen LogP contribution in [0.25, 0.3) is 5.69 Å². The largest absolute Gasteiger partial charge is 0.351 e. The van der Waals surface area contributed by atoms with Gasteiger partial charge in [0.1, 0.15) is 0 Å². The number of carbonyl (C=O) groups is 1. The summed E-state index contributed by atoms with van der Waals surface area (Å²) >= 11 is 5.93. The summed E-state index contributed by atoms with van der Waals surface area (Å²) in [4.78, 5) is 11.9. The maximum Gasteiger partial charge on any atom is 0.271 e. The summed E-state index contributed by atoms with van der Waals surface area (Å²) in [6.07, 6.45) is 3.51. The highest BCUT2D eigenvalue weighted by molar-refractivity contribution is 6.30. The minimum Gasteiger partial charge on any atom is -0.351 e. The lowest BCUT2D eigenvalue weighted by molar-refractivity contribution is 0.0947. The molecule has 106 valence electrons. The lowest BCUT2D eigenvalue weighted by Crippen LogP contribution is -2.25. The fourth-order valence-corrected chi connectivity index (χ4v) is 1.95. The van der Waals surface area contributed by atoms with Crippen molar-refractivity contribution in [2.45, 2.75) is 12.8 Å². The number of hydrogen-bond donors (Lipinski definition) is 2. The minimum atomic E-state index is -0.178. The quantitative estimate of drug-likeness (QED) is 0.800. The Bertz CT molecular complexity index is 582. The van der Waals surface area contributed by atoms with Gasteiger partial charge in [-0.1, -0.05) is 17.7 Å². The average Bonchev–Trinajstić information content (AvgIpc) is 2.93. The van der Waals surface area contributed by atoms with Crippen LogP contribution in [-0.4, -0.2) is 28.8 Å². The predicted molar refractivity (Wildman–Crippen MR) is 79.2 cm³/mol. The molecule has 1 heterocycles. The Kier molecular flexibility index (Phi) is 5.15. The van der Waals surface area contributed by atoms with E-state index < -0.39 is 0 Å². The van der Waals surface area contributed by atoms with Gasteiger partial charge in [-0.05, 0) is 43.7 Å². The van der Waals surface area contributed by atoms with Crippen LogP contribution in [0.3, 0.4) is 0 Å². The van der Waals surface area contributed by atoms with Crippen molar-refractivity contribution in [3.8, 4) is 5.69 Å². The number of amides is 1. The van der Waals surface area contributed by atoms with E-state index >= 15 is 0 Å². The molecule has 0 aliphatic heterocycles. The van der Waals surface area contributed by atoms with Gasteiger partial charge in [0.05, 0.1) is 5.69 Å². The molecule has 0 fully saturated rings. The monoisotopic (exact) mass is 292 g/mol. The smallest absolute Gasteiger partial charge is 0.271 e. The van der Waals surface area contributed by atoms with E-state index in [0.717, 1.165) is 18.5 Å². The molecule has 3 N–H and O–H groups in total. The fourth-order valence-electron chi connectivity index (χ4n) is 1.77. The van der Waals surface area contributed by atoms with Gasteiger partial charge >= 0.3 is 0 Å². The van der Waals surface area contributed by atoms with Gasteiger partial charge in [0.2, 0.25) is 0 Å². The third-order valence-electron chi connectivity index (χ3n) is 2.81. The van der Waals surface area contributed by atoms with Crippen LogP contribution >= 0.6 is 11.6 Å². The normalized spacial score (nSPS) is 10.5. The van der Waals surface area contributed by atoms with E-state index in [-0.39, 0.29) is 5.91 Å². The van der Waals surface area contributed by atoms with Crippen molar-refractivity contribution in [2.75, 3.05) is 13.1 Å². The Morgan fingerprint density at radius 2 is 2.20 bits per heavy atom. The molecular formula is C14H17ClN4O. The van der Waals surface area contributed by atoms with Crippen molar-refractivity contribution in [1.82, 2.24) is 15.1 Å². The highest BCUT2D eigenvalue weighted by atomic mass is 35.5. The van der Waals surface area contributed by atoms with Gasteiger partial charge in [-0.3, -0.25) is 4.79 Å². The van der Waals surface area contributed by atoms with Gasteiger partial charge in [-0.25, -0.2) is 4.68 Å². The number of rotatable bonds is 6. The van der Waals surface area contributed by atoms with E-state index in [0.29, 0.717) is 23.8 Å². The standard InChI is InChI=1S/C14H17ClN4O/c15-11-4-3-5-12(10-11)19-9-6-13(18-19)14(20)17-8-2-1-7-16/h3-6,9-10H,1-2,7-8,16H2,(H,17,20). The zero-order chi connectivity index (χ0) is 14.4.